The van der Waals surface area contributed by atoms with E-state index in [9.17, 15) is 8.78 Å². The molecule has 10 heteroatoms. The first-order chi connectivity index (χ1) is 12.1. The van der Waals surface area contributed by atoms with Gasteiger partial charge in [-0.3, -0.25) is 4.98 Å². The summed E-state index contributed by atoms with van der Waals surface area (Å²) in [5.41, 5.74) is -0.413. The van der Waals surface area contributed by atoms with Gasteiger partial charge in [-0.2, -0.15) is 5.26 Å². The first kappa shape index (κ1) is 17.1. The van der Waals surface area contributed by atoms with Gasteiger partial charge < -0.3 is 4.90 Å². The maximum absolute atomic E-state index is 13.1. The smallest absolute Gasteiger partial charge is 0.267 e. The van der Waals surface area contributed by atoms with Gasteiger partial charge in [0.05, 0.1) is 18.3 Å². The van der Waals surface area contributed by atoms with Crippen molar-refractivity contribution in [3.8, 4) is 6.07 Å². The van der Waals surface area contributed by atoms with Gasteiger partial charge in [-0.1, -0.05) is 11.6 Å². The quantitative estimate of drug-likeness (QED) is 0.664. The average molecular weight is 379 g/mol. The van der Waals surface area contributed by atoms with E-state index in [0.717, 1.165) is 4.88 Å². The number of hydrogen-bond donors (Lipinski definition) is 0. The molecule has 3 aromatic heterocycles. The van der Waals surface area contributed by atoms with Gasteiger partial charge >= 0.3 is 0 Å². The SMILES string of the molecule is N#Cc1ccc(CN(c2cnccn2)c2cc(C(F)F)c(Cl)nn2)s1. The number of halogens is 3. The number of anilines is 2. The summed E-state index contributed by atoms with van der Waals surface area (Å²) < 4.78 is 26.2. The van der Waals surface area contributed by atoms with E-state index in [1.54, 1.807) is 17.0 Å². The summed E-state index contributed by atoms with van der Waals surface area (Å²) in [5, 5.41) is 16.1. The molecule has 0 atom stereocenters. The van der Waals surface area contributed by atoms with E-state index >= 15 is 0 Å². The molecule has 0 spiro atoms. The van der Waals surface area contributed by atoms with Crippen molar-refractivity contribution >= 4 is 34.6 Å². The molecule has 0 saturated heterocycles. The van der Waals surface area contributed by atoms with Crippen molar-refractivity contribution in [2.75, 3.05) is 4.90 Å². The van der Waals surface area contributed by atoms with Gasteiger partial charge in [0.1, 0.15) is 10.9 Å². The van der Waals surface area contributed by atoms with E-state index in [1.807, 2.05) is 0 Å². The molecule has 6 nitrogen and oxygen atoms in total. The highest BCUT2D eigenvalue weighted by Crippen LogP contribution is 2.31. The van der Waals surface area contributed by atoms with Crippen LogP contribution in [0.5, 0.6) is 0 Å². The summed E-state index contributed by atoms with van der Waals surface area (Å²) in [5.74, 6) is 0.568. The van der Waals surface area contributed by atoms with Crippen molar-refractivity contribution in [3.63, 3.8) is 0 Å². The molecule has 0 saturated carbocycles. The van der Waals surface area contributed by atoms with Crippen LogP contribution in [-0.2, 0) is 6.54 Å². The molecule has 0 N–H and O–H groups in total. The van der Waals surface area contributed by atoms with Crippen molar-refractivity contribution in [2.45, 2.75) is 13.0 Å². The van der Waals surface area contributed by atoms with Gasteiger partial charge in [0.25, 0.3) is 6.43 Å². The van der Waals surface area contributed by atoms with Gasteiger partial charge in [0, 0.05) is 17.3 Å². The molecule has 0 amide bonds. The summed E-state index contributed by atoms with van der Waals surface area (Å²) in [7, 11) is 0. The lowest BCUT2D eigenvalue weighted by atomic mass is 10.3. The maximum atomic E-state index is 13.1. The molecule has 0 aromatic carbocycles. The van der Waals surface area contributed by atoms with Gasteiger partial charge in [-0.05, 0) is 18.2 Å². The van der Waals surface area contributed by atoms with Crippen molar-refractivity contribution < 1.29 is 8.78 Å². The molecule has 0 aliphatic carbocycles. The Morgan fingerprint density at radius 2 is 2.08 bits per heavy atom. The monoisotopic (exact) mass is 378 g/mol. The Bertz CT molecular complexity index is 912. The lowest BCUT2D eigenvalue weighted by Gasteiger charge is -2.21. The van der Waals surface area contributed by atoms with E-state index in [-0.39, 0.29) is 17.5 Å². The third-order valence-corrected chi connectivity index (χ3v) is 4.46. The molecule has 0 fully saturated rings. The standard InChI is InChI=1S/C15H9ClF2N6S/c16-14-11(15(17)18)5-12(22-23-14)24(13-7-20-3-4-21-13)8-10-2-1-9(6-19)25-10/h1-5,7,15H,8H2. The number of nitrogens with zero attached hydrogens (tertiary/aromatic N) is 6. The molecule has 126 valence electrons. The van der Waals surface area contributed by atoms with Crippen LogP contribution in [0.25, 0.3) is 0 Å². The highest BCUT2D eigenvalue weighted by atomic mass is 35.5. The minimum absolute atomic E-state index is 0.159. The second-order valence-corrected chi connectivity index (χ2v) is 6.30. The molecule has 3 rings (SSSR count). The molecular weight excluding hydrogens is 370 g/mol. The lowest BCUT2D eigenvalue weighted by molar-refractivity contribution is 0.151. The Balaban J connectivity index is 2.02. The number of nitriles is 1. The topological polar surface area (TPSA) is 78.6 Å². The normalized spacial score (nSPS) is 10.7. The predicted molar refractivity (Wildman–Crippen MR) is 88.9 cm³/mol. The first-order valence-corrected chi connectivity index (χ1v) is 8.11. The van der Waals surface area contributed by atoms with Crippen LogP contribution in [0, 0.1) is 11.3 Å². The third kappa shape index (κ3) is 3.87. The Labute approximate surface area is 150 Å². The summed E-state index contributed by atoms with van der Waals surface area (Å²) in [6.07, 6.45) is 1.68. The van der Waals surface area contributed by atoms with E-state index in [1.165, 1.54) is 36.0 Å². The molecule has 3 heterocycles. The lowest BCUT2D eigenvalue weighted by Crippen LogP contribution is -2.19. The molecule has 0 unspecified atom stereocenters. The fraction of sp³-hybridized carbons (Fsp3) is 0.133. The Hall–Kier alpha value is -2.70. The zero-order valence-electron chi connectivity index (χ0n) is 12.5. The zero-order valence-corrected chi connectivity index (χ0v) is 14.0. The van der Waals surface area contributed by atoms with Crippen molar-refractivity contribution in [3.05, 3.63) is 57.3 Å². The average Bonchev–Trinajstić information content (AvgIpc) is 3.08. The minimum Gasteiger partial charge on any atom is -0.303 e. The molecule has 0 radical (unpaired) electrons. The highest BCUT2D eigenvalue weighted by Gasteiger charge is 2.20. The van der Waals surface area contributed by atoms with Crippen LogP contribution in [0.3, 0.4) is 0 Å². The molecule has 0 aliphatic rings. The van der Waals surface area contributed by atoms with E-state index in [0.29, 0.717) is 10.7 Å². The fourth-order valence-electron chi connectivity index (χ4n) is 2.05. The van der Waals surface area contributed by atoms with Crippen molar-refractivity contribution in [2.24, 2.45) is 0 Å². The molecular formula is C15H9ClF2N6S. The van der Waals surface area contributed by atoms with Crippen LogP contribution in [0.2, 0.25) is 5.15 Å². The van der Waals surface area contributed by atoms with Crippen LogP contribution in [0.1, 0.15) is 21.7 Å². The Morgan fingerprint density at radius 3 is 2.72 bits per heavy atom. The minimum atomic E-state index is -2.78. The van der Waals surface area contributed by atoms with Crippen molar-refractivity contribution in [1.82, 2.24) is 20.2 Å². The van der Waals surface area contributed by atoms with Crippen LogP contribution < -0.4 is 4.90 Å². The third-order valence-electron chi connectivity index (χ3n) is 3.19. The number of aromatic nitrogens is 4. The number of alkyl halides is 2. The second-order valence-electron chi connectivity index (χ2n) is 4.78. The van der Waals surface area contributed by atoms with Gasteiger partial charge in [-0.15, -0.1) is 21.5 Å². The summed E-state index contributed by atoms with van der Waals surface area (Å²) >= 11 is 6.98. The number of thiophene rings is 1. The summed E-state index contributed by atoms with van der Waals surface area (Å²) in [6.45, 7) is 0.268. The predicted octanol–water partition coefficient (Wildman–Crippen LogP) is 4.13. The second kappa shape index (κ2) is 7.46. The fourth-order valence-corrected chi connectivity index (χ4v) is 3.02. The highest BCUT2D eigenvalue weighted by molar-refractivity contribution is 7.12. The van der Waals surface area contributed by atoms with E-state index in [4.69, 9.17) is 16.9 Å². The number of hydrogen-bond acceptors (Lipinski definition) is 7. The zero-order chi connectivity index (χ0) is 17.8. The number of rotatable bonds is 5. The summed E-state index contributed by atoms with van der Waals surface area (Å²) in [4.78, 5) is 11.1. The summed E-state index contributed by atoms with van der Waals surface area (Å²) in [6, 6.07) is 6.70. The molecule has 25 heavy (non-hydrogen) atoms. The van der Waals surface area contributed by atoms with Crippen LogP contribution in [-0.4, -0.2) is 20.2 Å². The van der Waals surface area contributed by atoms with Crippen molar-refractivity contribution in [1.29, 1.82) is 5.26 Å². The maximum Gasteiger partial charge on any atom is 0.267 e. The van der Waals surface area contributed by atoms with E-state index < -0.39 is 12.0 Å². The van der Waals surface area contributed by atoms with Crippen LogP contribution >= 0.6 is 22.9 Å². The first-order valence-electron chi connectivity index (χ1n) is 6.92. The van der Waals surface area contributed by atoms with Crippen LogP contribution in [0.4, 0.5) is 20.4 Å². The Morgan fingerprint density at radius 1 is 1.24 bits per heavy atom. The molecule has 0 bridgehead atoms. The molecule has 0 aliphatic heterocycles. The van der Waals surface area contributed by atoms with Gasteiger partial charge in [0.15, 0.2) is 16.8 Å². The Kier molecular flexibility index (Phi) is 5.11. The largest absolute Gasteiger partial charge is 0.303 e. The van der Waals surface area contributed by atoms with Gasteiger partial charge in [-0.25, -0.2) is 13.8 Å². The van der Waals surface area contributed by atoms with E-state index in [2.05, 4.69) is 26.2 Å². The van der Waals surface area contributed by atoms with Gasteiger partial charge in [0.2, 0.25) is 0 Å². The van der Waals surface area contributed by atoms with Crippen LogP contribution in [0.15, 0.2) is 36.8 Å². The molecule has 3 aromatic rings.